The summed E-state index contributed by atoms with van der Waals surface area (Å²) < 4.78 is 63.1. The highest BCUT2D eigenvalue weighted by Gasteiger charge is 2.39. The molecule has 0 aliphatic rings. The van der Waals surface area contributed by atoms with E-state index in [-0.39, 0.29) is 0 Å². The average Bonchev–Trinajstić information content (AvgIpc) is 2.26. The van der Waals surface area contributed by atoms with Crippen molar-refractivity contribution in [3.63, 3.8) is 0 Å². The van der Waals surface area contributed by atoms with Crippen LogP contribution in [0.15, 0.2) is 6.20 Å². The zero-order valence-corrected chi connectivity index (χ0v) is 8.59. The van der Waals surface area contributed by atoms with E-state index < -0.39 is 41.4 Å². The van der Waals surface area contributed by atoms with Crippen LogP contribution in [0, 0.1) is 22.7 Å². The maximum Gasteiger partial charge on any atom is 0.418 e. The fraction of sp³-hybridized carbons (Fsp3) is 0.300. The number of nitrogens with zero attached hydrogens (tertiary/aromatic N) is 3. The number of rotatable bonds is 2. The summed E-state index contributed by atoms with van der Waals surface area (Å²) in [6.07, 6.45) is -8.41. The summed E-state index contributed by atoms with van der Waals surface area (Å²) in [5, 5.41) is 17.0. The Morgan fingerprint density at radius 2 is 1.89 bits per heavy atom. The van der Waals surface area contributed by atoms with Gasteiger partial charge in [-0.25, -0.2) is 8.78 Å². The number of alkyl halides is 5. The molecule has 0 unspecified atom stereocenters. The fourth-order valence-electron chi connectivity index (χ4n) is 1.39. The van der Waals surface area contributed by atoms with E-state index >= 15 is 0 Å². The first kappa shape index (κ1) is 13.8. The van der Waals surface area contributed by atoms with E-state index in [9.17, 15) is 22.0 Å². The monoisotopic (exact) mass is 261 g/mol. The second kappa shape index (κ2) is 4.96. The van der Waals surface area contributed by atoms with Crippen molar-refractivity contribution in [1.82, 2.24) is 4.98 Å². The van der Waals surface area contributed by atoms with Crippen molar-refractivity contribution >= 4 is 0 Å². The van der Waals surface area contributed by atoms with Gasteiger partial charge in [-0.3, -0.25) is 4.98 Å². The highest BCUT2D eigenvalue weighted by molar-refractivity contribution is 5.47. The minimum absolute atomic E-state index is 0.550. The molecule has 8 heteroatoms. The van der Waals surface area contributed by atoms with Gasteiger partial charge in [0.15, 0.2) is 0 Å². The van der Waals surface area contributed by atoms with Crippen LogP contribution in [0.2, 0.25) is 0 Å². The maximum atomic E-state index is 12.7. The van der Waals surface area contributed by atoms with Crippen molar-refractivity contribution in [1.29, 1.82) is 10.5 Å². The van der Waals surface area contributed by atoms with Crippen molar-refractivity contribution in [3.05, 3.63) is 28.6 Å². The fourth-order valence-corrected chi connectivity index (χ4v) is 1.39. The first-order valence-corrected chi connectivity index (χ1v) is 4.47. The molecule has 0 bridgehead atoms. The molecule has 1 rings (SSSR count). The summed E-state index contributed by atoms with van der Waals surface area (Å²) in [6, 6.07) is 2.54. The lowest BCUT2D eigenvalue weighted by Gasteiger charge is -2.14. The SMILES string of the molecule is N#CCc1cnc(C(F)F)c(C#N)c1C(F)(F)F. The quantitative estimate of drug-likeness (QED) is 0.769. The first-order valence-electron chi connectivity index (χ1n) is 4.47. The Morgan fingerprint density at radius 1 is 1.28 bits per heavy atom. The summed E-state index contributed by atoms with van der Waals surface area (Å²) in [6.45, 7) is 0. The van der Waals surface area contributed by atoms with E-state index in [1.165, 1.54) is 6.07 Å². The third kappa shape index (κ3) is 2.54. The molecule has 0 amide bonds. The molecule has 0 aromatic carbocycles. The molecule has 1 heterocycles. The zero-order valence-electron chi connectivity index (χ0n) is 8.59. The third-order valence-corrected chi connectivity index (χ3v) is 2.06. The normalized spacial score (nSPS) is 11.1. The van der Waals surface area contributed by atoms with Crippen LogP contribution in [0.5, 0.6) is 0 Å². The molecule has 0 spiro atoms. The molecule has 0 saturated heterocycles. The number of hydrogen-bond acceptors (Lipinski definition) is 3. The molecule has 1 aromatic heterocycles. The molecule has 3 nitrogen and oxygen atoms in total. The second-order valence-corrected chi connectivity index (χ2v) is 3.16. The van der Waals surface area contributed by atoms with E-state index in [4.69, 9.17) is 10.5 Å². The molecule has 0 atom stereocenters. The lowest BCUT2D eigenvalue weighted by atomic mass is 9.99. The van der Waals surface area contributed by atoms with Crippen molar-refractivity contribution < 1.29 is 22.0 Å². The molecule has 0 N–H and O–H groups in total. The van der Waals surface area contributed by atoms with Crippen LogP contribution in [0.25, 0.3) is 0 Å². The van der Waals surface area contributed by atoms with Gasteiger partial charge in [0.25, 0.3) is 6.43 Å². The lowest BCUT2D eigenvalue weighted by molar-refractivity contribution is -0.138. The van der Waals surface area contributed by atoms with E-state index in [0.717, 1.165) is 6.07 Å². The average molecular weight is 261 g/mol. The summed E-state index contributed by atoms with van der Waals surface area (Å²) >= 11 is 0. The predicted molar refractivity (Wildman–Crippen MR) is 48.2 cm³/mol. The topological polar surface area (TPSA) is 60.5 Å². The van der Waals surface area contributed by atoms with Gasteiger partial charge in [-0.1, -0.05) is 0 Å². The Bertz CT molecular complexity index is 536. The lowest BCUT2D eigenvalue weighted by Crippen LogP contribution is -2.15. The zero-order chi connectivity index (χ0) is 13.9. The van der Waals surface area contributed by atoms with Crippen molar-refractivity contribution in [2.24, 2.45) is 0 Å². The van der Waals surface area contributed by atoms with Crippen LogP contribution < -0.4 is 0 Å². The van der Waals surface area contributed by atoms with Crippen LogP contribution in [-0.4, -0.2) is 4.98 Å². The molecule has 0 saturated carbocycles. The summed E-state index contributed by atoms with van der Waals surface area (Å²) in [7, 11) is 0. The van der Waals surface area contributed by atoms with Gasteiger partial charge in [-0.05, 0) is 5.56 Å². The van der Waals surface area contributed by atoms with Gasteiger partial charge < -0.3 is 0 Å². The third-order valence-electron chi connectivity index (χ3n) is 2.06. The summed E-state index contributed by atoms with van der Waals surface area (Å²) in [5.41, 5.74) is -4.57. The molecule has 1 aromatic rings. The molecule has 0 radical (unpaired) electrons. The Balaban J connectivity index is 3.64. The van der Waals surface area contributed by atoms with Crippen LogP contribution in [0.1, 0.15) is 28.8 Å². The minimum atomic E-state index is -5.00. The van der Waals surface area contributed by atoms with E-state index in [1.807, 2.05) is 0 Å². The van der Waals surface area contributed by atoms with E-state index in [0.29, 0.717) is 6.20 Å². The smallest absolute Gasteiger partial charge is 0.254 e. The summed E-state index contributed by atoms with van der Waals surface area (Å²) in [5.74, 6) is 0. The van der Waals surface area contributed by atoms with Gasteiger partial charge in [0.05, 0.1) is 23.6 Å². The maximum absolute atomic E-state index is 12.7. The van der Waals surface area contributed by atoms with Crippen molar-refractivity contribution in [2.75, 3.05) is 0 Å². The number of aromatic nitrogens is 1. The number of pyridine rings is 1. The molecular weight excluding hydrogens is 257 g/mol. The Labute approximate surface area is 98.1 Å². The molecule has 94 valence electrons. The van der Waals surface area contributed by atoms with Gasteiger partial charge >= 0.3 is 6.18 Å². The van der Waals surface area contributed by atoms with Gasteiger partial charge in [0.2, 0.25) is 0 Å². The summed E-state index contributed by atoms with van der Waals surface area (Å²) in [4.78, 5) is 3.12. The van der Waals surface area contributed by atoms with Gasteiger partial charge in [-0.15, -0.1) is 0 Å². The number of nitriles is 2. The largest absolute Gasteiger partial charge is 0.418 e. The molecule has 0 aliphatic carbocycles. The molecule has 18 heavy (non-hydrogen) atoms. The Morgan fingerprint density at radius 3 is 2.28 bits per heavy atom. The van der Waals surface area contributed by atoms with Crippen molar-refractivity contribution in [3.8, 4) is 12.1 Å². The minimum Gasteiger partial charge on any atom is -0.254 e. The van der Waals surface area contributed by atoms with Gasteiger partial charge in [-0.2, -0.15) is 23.7 Å². The Hall–Kier alpha value is -2.22. The van der Waals surface area contributed by atoms with Crippen LogP contribution in [-0.2, 0) is 12.6 Å². The van der Waals surface area contributed by atoms with Gasteiger partial charge in [0, 0.05) is 6.20 Å². The highest BCUT2D eigenvalue weighted by atomic mass is 19.4. The predicted octanol–water partition coefficient (Wildman–Crippen LogP) is 2.98. The second-order valence-electron chi connectivity index (χ2n) is 3.16. The standard InChI is InChI=1S/C10H4F5N3/c11-9(12)8-6(3-17)7(10(13,14)15)5(1-2-16)4-18-8/h4,9H,1H2. The Kier molecular flexibility index (Phi) is 3.82. The van der Waals surface area contributed by atoms with Gasteiger partial charge in [0.1, 0.15) is 11.8 Å². The number of halogens is 5. The highest BCUT2D eigenvalue weighted by Crippen LogP contribution is 2.37. The van der Waals surface area contributed by atoms with Crippen LogP contribution in [0.4, 0.5) is 22.0 Å². The van der Waals surface area contributed by atoms with Crippen LogP contribution >= 0.6 is 0 Å². The van der Waals surface area contributed by atoms with Crippen molar-refractivity contribution in [2.45, 2.75) is 19.0 Å². The molecule has 0 aliphatic heterocycles. The molecule has 0 fully saturated rings. The van der Waals surface area contributed by atoms with E-state index in [2.05, 4.69) is 4.98 Å². The van der Waals surface area contributed by atoms with Crippen LogP contribution in [0.3, 0.4) is 0 Å². The molecular formula is C10H4F5N3. The first-order chi connectivity index (χ1) is 8.32. The van der Waals surface area contributed by atoms with E-state index in [1.54, 1.807) is 0 Å². The number of hydrogen-bond donors (Lipinski definition) is 0.